The highest BCUT2D eigenvalue weighted by molar-refractivity contribution is 5.88. The first-order valence-electron chi connectivity index (χ1n) is 7.58. The summed E-state index contributed by atoms with van der Waals surface area (Å²) >= 11 is 0. The van der Waals surface area contributed by atoms with E-state index in [-0.39, 0.29) is 0 Å². The van der Waals surface area contributed by atoms with Gasteiger partial charge in [0.15, 0.2) is 0 Å². The molecule has 1 aliphatic rings. The first kappa shape index (κ1) is 14.6. The highest BCUT2D eigenvalue weighted by Gasteiger charge is 2.23. The predicted molar refractivity (Wildman–Crippen MR) is 87.6 cm³/mol. The van der Waals surface area contributed by atoms with Crippen LogP contribution in [0.2, 0.25) is 0 Å². The third-order valence-electron chi connectivity index (χ3n) is 4.09. The van der Waals surface area contributed by atoms with Crippen molar-refractivity contribution in [2.75, 3.05) is 24.5 Å². The van der Waals surface area contributed by atoms with Crippen molar-refractivity contribution in [3.05, 3.63) is 65.7 Å². The summed E-state index contributed by atoms with van der Waals surface area (Å²) in [5.74, 6) is -0.878. The normalized spacial score (nSPS) is 18.2. The maximum atomic E-state index is 11.2. The fourth-order valence-corrected chi connectivity index (χ4v) is 2.99. The van der Waals surface area contributed by atoms with E-state index in [0.717, 1.165) is 31.7 Å². The number of hydrogen-bond donors (Lipinski definition) is 2. The molecule has 0 bridgehead atoms. The van der Waals surface area contributed by atoms with E-state index >= 15 is 0 Å². The second kappa shape index (κ2) is 6.62. The molecule has 1 fully saturated rings. The molecule has 3 rings (SSSR count). The van der Waals surface area contributed by atoms with Crippen molar-refractivity contribution in [2.45, 2.75) is 12.5 Å². The molecule has 2 aromatic carbocycles. The van der Waals surface area contributed by atoms with Crippen LogP contribution >= 0.6 is 0 Å². The highest BCUT2D eigenvalue weighted by atomic mass is 16.4. The molecular weight excluding hydrogens is 276 g/mol. The predicted octanol–water partition coefficient (Wildman–Crippen LogP) is 2.41. The average molecular weight is 296 g/mol. The largest absolute Gasteiger partial charge is 0.478 e. The van der Waals surface area contributed by atoms with E-state index in [1.54, 1.807) is 12.1 Å². The Balaban J connectivity index is 1.83. The number of benzene rings is 2. The van der Waals surface area contributed by atoms with Gasteiger partial charge in [-0.2, -0.15) is 0 Å². The van der Waals surface area contributed by atoms with Crippen LogP contribution in [0, 0.1) is 0 Å². The van der Waals surface area contributed by atoms with Crippen molar-refractivity contribution in [3.63, 3.8) is 0 Å². The lowest BCUT2D eigenvalue weighted by Gasteiger charge is -2.38. The summed E-state index contributed by atoms with van der Waals surface area (Å²) in [6.07, 6.45) is 0.950. The van der Waals surface area contributed by atoms with Crippen molar-refractivity contribution < 1.29 is 9.90 Å². The summed E-state index contributed by atoms with van der Waals surface area (Å²) in [4.78, 5) is 13.5. The lowest BCUT2D eigenvalue weighted by Crippen LogP contribution is -2.52. The minimum Gasteiger partial charge on any atom is -0.478 e. The molecule has 1 aliphatic heterocycles. The number of aromatic carboxylic acids is 1. The number of hydrogen-bond acceptors (Lipinski definition) is 3. The van der Waals surface area contributed by atoms with E-state index in [1.165, 1.54) is 5.56 Å². The Hall–Kier alpha value is -2.33. The summed E-state index contributed by atoms with van der Waals surface area (Å²) < 4.78 is 0. The smallest absolute Gasteiger partial charge is 0.335 e. The second-order valence-corrected chi connectivity index (χ2v) is 5.60. The van der Waals surface area contributed by atoms with Gasteiger partial charge in [0.1, 0.15) is 0 Å². The van der Waals surface area contributed by atoms with E-state index in [1.807, 2.05) is 18.2 Å². The molecular formula is C18H20N2O2. The highest BCUT2D eigenvalue weighted by Crippen LogP contribution is 2.22. The summed E-state index contributed by atoms with van der Waals surface area (Å²) in [5, 5.41) is 12.6. The molecule has 1 atom stereocenters. The number of rotatable bonds is 4. The number of nitrogens with one attached hydrogen (secondary N) is 1. The van der Waals surface area contributed by atoms with Crippen molar-refractivity contribution >= 4 is 11.7 Å². The molecule has 0 unspecified atom stereocenters. The van der Waals surface area contributed by atoms with Crippen molar-refractivity contribution in [3.8, 4) is 0 Å². The van der Waals surface area contributed by atoms with Gasteiger partial charge in [0.25, 0.3) is 0 Å². The minimum absolute atomic E-state index is 0.334. The van der Waals surface area contributed by atoms with Crippen LogP contribution in [0.3, 0.4) is 0 Å². The number of carbonyl (C=O) groups is 1. The van der Waals surface area contributed by atoms with Gasteiger partial charge in [-0.25, -0.2) is 4.79 Å². The standard InChI is InChI=1S/C18H20N2O2/c21-18(22)15-7-4-8-16(12-15)20-10-9-19-13-17(20)11-14-5-2-1-3-6-14/h1-8,12,17,19H,9-11,13H2,(H,21,22)/t17-/m1/s1. The average Bonchev–Trinajstić information content (AvgIpc) is 2.56. The van der Waals surface area contributed by atoms with Crippen molar-refractivity contribution in [1.29, 1.82) is 0 Å². The second-order valence-electron chi connectivity index (χ2n) is 5.60. The Morgan fingerprint density at radius 2 is 2.00 bits per heavy atom. The van der Waals surface area contributed by atoms with Crippen LogP contribution in [0.25, 0.3) is 0 Å². The lowest BCUT2D eigenvalue weighted by atomic mass is 10.0. The molecule has 0 aliphatic carbocycles. The van der Waals surface area contributed by atoms with Gasteiger partial charge < -0.3 is 15.3 Å². The molecule has 0 amide bonds. The van der Waals surface area contributed by atoms with Gasteiger partial charge in [0.2, 0.25) is 0 Å². The van der Waals surface area contributed by atoms with E-state index in [0.29, 0.717) is 11.6 Å². The summed E-state index contributed by atoms with van der Waals surface area (Å²) in [6, 6.07) is 18.0. The molecule has 22 heavy (non-hydrogen) atoms. The van der Waals surface area contributed by atoms with Crippen LogP contribution in [0.4, 0.5) is 5.69 Å². The molecule has 0 saturated carbocycles. The van der Waals surface area contributed by atoms with Crippen LogP contribution in [0.15, 0.2) is 54.6 Å². The molecule has 0 aromatic heterocycles. The molecule has 114 valence electrons. The first-order valence-corrected chi connectivity index (χ1v) is 7.58. The van der Waals surface area contributed by atoms with E-state index < -0.39 is 5.97 Å². The Labute approximate surface area is 130 Å². The van der Waals surface area contributed by atoms with Crippen molar-refractivity contribution in [2.24, 2.45) is 0 Å². The molecule has 1 heterocycles. The maximum absolute atomic E-state index is 11.2. The molecule has 4 heteroatoms. The fraction of sp³-hybridized carbons (Fsp3) is 0.278. The number of carboxylic acid groups (broad SMARTS) is 1. The Morgan fingerprint density at radius 3 is 2.77 bits per heavy atom. The van der Waals surface area contributed by atoms with Crippen LogP contribution in [-0.2, 0) is 6.42 Å². The molecule has 0 radical (unpaired) electrons. The molecule has 0 spiro atoms. The Bertz CT molecular complexity index is 643. The zero-order valence-corrected chi connectivity index (χ0v) is 12.4. The monoisotopic (exact) mass is 296 g/mol. The third-order valence-corrected chi connectivity index (χ3v) is 4.09. The summed E-state index contributed by atoms with van der Waals surface area (Å²) in [7, 11) is 0. The summed E-state index contributed by atoms with van der Waals surface area (Å²) in [5.41, 5.74) is 2.63. The Morgan fingerprint density at radius 1 is 1.18 bits per heavy atom. The fourth-order valence-electron chi connectivity index (χ4n) is 2.99. The van der Waals surface area contributed by atoms with Gasteiger partial charge in [0, 0.05) is 31.4 Å². The van der Waals surface area contributed by atoms with Gasteiger partial charge in [0.05, 0.1) is 5.56 Å². The summed E-state index contributed by atoms with van der Waals surface area (Å²) in [6.45, 7) is 2.72. The molecule has 1 saturated heterocycles. The van der Waals surface area contributed by atoms with E-state index in [4.69, 9.17) is 0 Å². The Kier molecular flexibility index (Phi) is 4.39. The van der Waals surface area contributed by atoms with E-state index in [9.17, 15) is 9.90 Å². The zero-order chi connectivity index (χ0) is 15.4. The van der Waals surface area contributed by atoms with Crippen LogP contribution in [-0.4, -0.2) is 36.8 Å². The number of carboxylic acids is 1. The van der Waals surface area contributed by atoms with Crippen molar-refractivity contribution in [1.82, 2.24) is 5.32 Å². The minimum atomic E-state index is -0.878. The van der Waals surface area contributed by atoms with Crippen LogP contribution in [0.5, 0.6) is 0 Å². The SMILES string of the molecule is O=C(O)c1cccc(N2CCNC[C@H]2Cc2ccccc2)c1. The zero-order valence-electron chi connectivity index (χ0n) is 12.4. The van der Waals surface area contributed by atoms with Gasteiger partial charge >= 0.3 is 5.97 Å². The molecule has 2 aromatic rings. The van der Waals surface area contributed by atoms with Crippen LogP contribution in [0.1, 0.15) is 15.9 Å². The number of anilines is 1. The third kappa shape index (κ3) is 3.28. The topological polar surface area (TPSA) is 52.6 Å². The van der Waals surface area contributed by atoms with Gasteiger partial charge in [-0.1, -0.05) is 36.4 Å². The first-order chi connectivity index (χ1) is 10.7. The number of nitrogens with zero attached hydrogens (tertiary/aromatic N) is 1. The lowest BCUT2D eigenvalue weighted by molar-refractivity contribution is 0.0697. The maximum Gasteiger partial charge on any atom is 0.335 e. The van der Waals surface area contributed by atoms with Gasteiger partial charge in [-0.05, 0) is 30.2 Å². The number of piperazine rings is 1. The van der Waals surface area contributed by atoms with Crippen LogP contribution < -0.4 is 10.2 Å². The van der Waals surface area contributed by atoms with E-state index in [2.05, 4.69) is 34.5 Å². The molecule has 2 N–H and O–H groups in total. The quantitative estimate of drug-likeness (QED) is 0.910. The molecule has 4 nitrogen and oxygen atoms in total. The van der Waals surface area contributed by atoms with Gasteiger partial charge in [-0.15, -0.1) is 0 Å². The van der Waals surface area contributed by atoms with Gasteiger partial charge in [-0.3, -0.25) is 0 Å².